The summed E-state index contributed by atoms with van der Waals surface area (Å²) in [6, 6.07) is 0. The Kier molecular flexibility index (Phi) is 6.63. The van der Waals surface area contributed by atoms with Crippen molar-refractivity contribution in [3.63, 3.8) is 0 Å². The van der Waals surface area contributed by atoms with E-state index in [2.05, 4.69) is 15.2 Å². The molecular formula is C12H18F3N3O3. The van der Waals surface area contributed by atoms with Gasteiger partial charge >= 0.3 is 12.1 Å². The molecule has 0 aromatic carbocycles. The lowest BCUT2D eigenvalue weighted by Crippen LogP contribution is -2.25. The van der Waals surface area contributed by atoms with Gasteiger partial charge in [0.05, 0.1) is 25.1 Å². The van der Waals surface area contributed by atoms with Crippen molar-refractivity contribution in [2.24, 2.45) is 7.05 Å². The molecule has 0 atom stereocenters. The van der Waals surface area contributed by atoms with Crippen LogP contribution in [0.25, 0.3) is 0 Å². The Bertz CT molecular complexity index is 460. The van der Waals surface area contributed by atoms with Crippen LogP contribution in [0.4, 0.5) is 13.2 Å². The zero-order chi connectivity index (χ0) is 15.9. The van der Waals surface area contributed by atoms with Crippen molar-refractivity contribution in [1.29, 1.82) is 0 Å². The van der Waals surface area contributed by atoms with Crippen LogP contribution in [0, 0.1) is 0 Å². The molecule has 1 aromatic heterocycles. The number of aryl methyl sites for hydroxylation is 1. The van der Waals surface area contributed by atoms with E-state index in [0.29, 0.717) is 11.3 Å². The van der Waals surface area contributed by atoms with E-state index in [1.165, 1.54) is 10.9 Å². The van der Waals surface area contributed by atoms with Gasteiger partial charge in [-0.15, -0.1) is 0 Å². The van der Waals surface area contributed by atoms with Crippen LogP contribution in [0.1, 0.15) is 23.0 Å². The molecule has 0 aliphatic carbocycles. The summed E-state index contributed by atoms with van der Waals surface area (Å²) >= 11 is 0. The summed E-state index contributed by atoms with van der Waals surface area (Å²) in [6.07, 6.45) is -2.92. The van der Waals surface area contributed by atoms with E-state index in [-0.39, 0.29) is 26.3 Å². The lowest BCUT2D eigenvalue weighted by Gasteiger charge is -2.09. The predicted molar refractivity (Wildman–Crippen MR) is 67.7 cm³/mol. The van der Waals surface area contributed by atoms with Crippen LogP contribution >= 0.6 is 0 Å². The second-order valence-electron chi connectivity index (χ2n) is 4.19. The van der Waals surface area contributed by atoms with Crippen LogP contribution in [0.5, 0.6) is 0 Å². The van der Waals surface area contributed by atoms with Crippen molar-refractivity contribution in [2.45, 2.75) is 19.6 Å². The molecule has 21 heavy (non-hydrogen) atoms. The molecule has 0 radical (unpaired) electrons. The number of halogens is 3. The number of nitrogens with zero attached hydrogens (tertiary/aromatic N) is 2. The number of nitrogens with one attached hydrogen (secondary N) is 1. The summed E-state index contributed by atoms with van der Waals surface area (Å²) in [7, 11) is 1.67. The molecule has 0 unspecified atom stereocenters. The number of carbonyl (C=O) groups excluding carboxylic acids is 1. The first-order chi connectivity index (χ1) is 9.85. The molecule has 0 fully saturated rings. The lowest BCUT2D eigenvalue weighted by molar-refractivity contribution is -0.173. The zero-order valence-electron chi connectivity index (χ0n) is 11.9. The smallest absolute Gasteiger partial charge is 0.411 e. The maximum absolute atomic E-state index is 11.8. The molecule has 0 spiro atoms. The number of carbonyl (C=O) groups is 1. The Morgan fingerprint density at radius 1 is 1.48 bits per heavy atom. The van der Waals surface area contributed by atoms with E-state index in [4.69, 9.17) is 4.74 Å². The van der Waals surface area contributed by atoms with E-state index >= 15 is 0 Å². The number of aromatic nitrogens is 2. The Hall–Kier alpha value is -1.61. The number of rotatable bonds is 8. The van der Waals surface area contributed by atoms with Crippen molar-refractivity contribution < 1.29 is 27.4 Å². The minimum absolute atomic E-state index is 0.0773. The Morgan fingerprint density at radius 3 is 2.81 bits per heavy atom. The minimum atomic E-state index is -4.32. The summed E-state index contributed by atoms with van der Waals surface area (Å²) in [5.41, 5.74) is 0.937. The number of hydrogen-bond acceptors (Lipinski definition) is 5. The van der Waals surface area contributed by atoms with Gasteiger partial charge < -0.3 is 14.8 Å². The van der Waals surface area contributed by atoms with E-state index in [0.717, 1.165) is 0 Å². The highest BCUT2D eigenvalue weighted by Gasteiger charge is 2.27. The first-order valence-corrected chi connectivity index (χ1v) is 6.38. The first kappa shape index (κ1) is 17.4. The maximum atomic E-state index is 11.8. The van der Waals surface area contributed by atoms with Gasteiger partial charge in [0.25, 0.3) is 0 Å². The highest BCUT2D eigenvalue weighted by atomic mass is 19.4. The summed E-state index contributed by atoms with van der Waals surface area (Å²) in [5, 5.41) is 6.85. The van der Waals surface area contributed by atoms with E-state index < -0.39 is 18.8 Å². The fourth-order valence-corrected chi connectivity index (χ4v) is 1.59. The maximum Gasteiger partial charge on any atom is 0.411 e. The van der Waals surface area contributed by atoms with Crippen LogP contribution in [0.2, 0.25) is 0 Å². The van der Waals surface area contributed by atoms with Crippen molar-refractivity contribution in [3.8, 4) is 0 Å². The monoisotopic (exact) mass is 309 g/mol. The Morgan fingerprint density at radius 2 is 2.19 bits per heavy atom. The number of alkyl halides is 3. The molecule has 9 heteroatoms. The molecule has 0 saturated carbocycles. The van der Waals surface area contributed by atoms with Gasteiger partial charge in [-0.25, -0.2) is 4.79 Å². The lowest BCUT2D eigenvalue weighted by atomic mass is 10.2. The van der Waals surface area contributed by atoms with Gasteiger partial charge in [0.15, 0.2) is 0 Å². The van der Waals surface area contributed by atoms with Crippen LogP contribution in [-0.2, 0) is 23.1 Å². The molecule has 1 rings (SSSR count). The summed E-state index contributed by atoms with van der Waals surface area (Å²) in [5.74, 6) is -0.476. The third-order valence-corrected chi connectivity index (χ3v) is 2.54. The van der Waals surface area contributed by atoms with Gasteiger partial charge in [-0.05, 0) is 6.92 Å². The van der Waals surface area contributed by atoms with E-state index in [1.807, 2.05) is 0 Å². The van der Waals surface area contributed by atoms with Crippen LogP contribution in [0.3, 0.4) is 0 Å². The molecule has 0 aliphatic rings. The number of ether oxygens (including phenoxy) is 2. The summed E-state index contributed by atoms with van der Waals surface area (Å²) < 4.78 is 46.4. The fraction of sp³-hybridized carbons (Fsp3) is 0.667. The fourth-order valence-electron chi connectivity index (χ4n) is 1.59. The highest BCUT2D eigenvalue weighted by Crippen LogP contribution is 2.14. The zero-order valence-corrected chi connectivity index (χ0v) is 11.9. The Labute approximate surface area is 120 Å². The number of esters is 1. The standard InChI is InChI=1S/C12H18F3N3O3/c1-3-21-11(19)9-6-17-18(2)10(9)7-16-4-5-20-8-12(13,14)15/h6,16H,3-5,7-8H2,1-2H3. The molecule has 1 heterocycles. The molecule has 0 saturated heterocycles. The van der Waals surface area contributed by atoms with Gasteiger partial charge in [-0.2, -0.15) is 18.3 Å². The van der Waals surface area contributed by atoms with Crippen LogP contribution in [-0.4, -0.2) is 48.3 Å². The van der Waals surface area contributed by atoms with Crippen LogP contribution in [0.15, 0.2) is 6.20 Å². The van der Waals surface area contributed by atoms with Gasteiger partial charge in [0.2, 0.25) is 0 Å². The van der Waals surface area contributed by atoms with Gasteiger partial charge in [-0.1, -0.05) is 0 Å². The predicted octanol–water partition coefficient (Wildman–Crippen LogP) is 1.27. The third-order valence-electron chi connectivity index (χ3n) is 2.54. The molecule has 0 aliphatic heterocycles. The number of hydrogen-bond donors (Lipinski definition) is 1. The summed E-state index contributed by atoms with van der Waals surface area (Å²) in [4.78, 5) is 11.7. The Balaban J connectivity index is 2.38. The molecule has 0 bridgehead atoms. The quantitative estimate of drug-likeness (QED) is 0.578. The SMILES string of the molecule is CCOC(=O)c1cnn(C)c1CNCCOCC(F)(F)F. The van der Waals surface area contributed by atoms with Gasteiger partial charge in [0.1, 0.15) is 12.2 Å². The second-order valence-corrected chi connectivity index (χ2v) is 4.19. The minimum Gasteiger partial charge on any atom is -0.462 e. The van der Waals surface area contributed by atoms with Crippen molar-refractivity contribution >= 4 is 5.97 Å². The molecular weight excluding hydrogens is 291 g/mol. The van der Waals surface area contributed by atoms with Crippen molar-refractivity contribution in [3.05, 3.63) is 17.5 Å². The molecule has 0 amide bonds. The topological polar surface area (TPSA) is 65.4 Å². The van der Waals surface area contributed by atoms with E-state index in [9.17, 15) is 18.0 Å². The van der Waals surface area contributed by atoms with Crippen molar-refractivity contribution in [2.75, 3.05) is 26.4 Å². The van der Waals surface area contributed by atoms with Gasteiger partial charge in [0, 0.05) is 20.1 Å². The normalized spacial score (nSPS) is 11.7. The second kappa shape index (κ2) is 7.99. The molecule has 6 nitrogen and oxygen atoms in total. The molecule has 1 aromatic rings. The third kappa shape index (κ3) is 6.13. The highest BCUT2D eigenvalue weighted by molar-refractivity contribution is 5.90. The van der Waals surface area contributed by atoms with Gasteiger partial charge in [-0.3, -0.25) is 4.68 Å². The largest absolute Gasteiger partial charge is 0.462 e. The van der Waals surface area contributed by atoms with Crippen molar-refractivity contribution in [1.82, 2.24) is 15.1 Å². The molecule has 120 valence electrons. The summed E-state index contributed by atoms with van der Waals surface area (Å²) in [6.45, 7) is 1.11. The molecule has 1 N–H and O–H groups in total. The van der Waals surface area contributed by atoms with E-state index in [1.54, 1.807) is 14.0 Å². The average molecular weight is 309 g/mol. The van der Waals surface area contributed by atoms with Crippen LogP contribution < -0.4 is 5.32 Å². The first-order valence-electron chi connectivity index (χ1n) is 6.38. The average Bonchev–Trinajstić information content (AvgIpc) is 2.74.